The molecular weight excluding hydrogens is 202 g/mol. The maximum atomic E-state index is 11.8. The zero-order valence-corrected chi connectivity index (χ0v) is 8.73. The first kappa shape index (κ1) is 9.42. The highest BCUT2D eigenvalue weighted by Gasteiger charge is 2.35. The molecule has 1 aromatic carbocycles. The summed E-state index contributed by atoms with van der Waals surface area (Å²) in [6.45, 7) is 0. The van der Waals surface area contributed by atoms with Crippen molar-refractivity contribution in [1.82, 2.24) is 10.3 Å². The average molecular weight is 215 g/mol. The van der Waals surface area contributed by atoms with Gasteiger partial charge in [-0.3, -0.25) is 4.79 Å². The molecule has 1 heterocycles. The average Bonchev–Trinajstić information content (AvgIpc) is 2.82. The molecule has 1 aliphatic carbocycles. The van der Waals surface area contributed by atoms with Crippen LogP contribution in [0.15, 0.2) is 30.3 Å². The van der Waals surface area contributed by atoms with E-state index in [1.807, 2.05) is 30.3 Å². The molecule has 4 N–H and O–H groups in total. The van der Waals surface area contributed by atoms with Crippen LogP contribution in [0.3, 0.4) is 0 Å². The Kier molecular flexibility index (Phi) is 1.97. The van der Waals surface area contributed by atoms with Crippen molar-refractivity contribution in [2.24, 2.45) is 5.73 Å². The van der Waals surface area contributed by atoms with E-state index in [9.17, 15) is 4.79 Å². The Hall–Kier alpha value is -1.81. The summed E-state index contributed by atoms with van der Waals surface area (Å²) in [7, 11) is 0. The maximum absolute atomic E-state index is 11.8. The Morgan fingerprint density at radius 3 is 2.88 bits per heavy atom. The molecule has 0 spiro atoms. The summed E-state index contributed by atoms with van der Waals surface area (Å²) in [5.41, 5.74) is 7.22. The molecule has 1 aromatic heterocycles. The molecule has 1 amide bonds. The molecule has 1 saturated carbocycles. The van der Waals surface area contributed by atoms with E-state index >= 15 is 0 Å². The highest BCUT2D eigenvalue weighted by Crippen LogP contribution is 2.19. The molecule has 4 heteroatoms. The molecule has 3 rings (SSSR count). The van der Waals surface area contributed by atoms with Crippen LogP contribution >= 0.6 is 0 Å². The van der Waals surface area contributed by atoms with E-state index in [0.717, 1.165) is 17.3 Å². The van der Waals surface area contributed by atoms with Gasteiger partial charge in [-0.05, 0) is 18.6 Å². The van der Waals surface area contributed by atoms with E-state index in [-0.39, 0.29) is 18.0 Å². The number of H-pyrrole nitrogens is 1. The van der Waals surface area contributed by atoms with Crippen molar-refractivity contribution in [2.45, 2.75) is 18.5 Å². The van der Waals surface area contributed by atoms with Gasteiger partial charge in [-0.25, -0.2) is 0 Å². The van der Waals surface area contributed by atoms with Gasteiger partial charge in [-0.15, -0.1) is 0 Å². The molecule has 2 aromatic rings. The number of carbonyl (C=O) groups is 1. The third-order valence-electron chi connectivity index (χ3n) is 2.93. The predicted octanol–water partition coefficient (Wildman–Crippen LogP) is 0.997. The minimum atomic E-state index is -0.0749. The summed E-state index contributed by atoms with van der Waals surface area (Å²) in [6, 6.07) is 9.97. The molecule has 0 aliphatic heterocycles. The van der Waals surface area contributed by atoms with E-state index < -0.39 is 0 Å². The first-order valence-electron chi connectivity index (χ1n) is 5.38. The Balaban J connectivity index is 1.85. The van der Waals surface area contributed by atoms with Gasteiger partial charge in [-0.2, -0.15) is 0 Å². The Morgan fingerprint density at radius 2 is 2.19 bits per heavy atom. The number of nitrogens with one attached hydrogen (secondary N) is 2. The second-order valence-electron chi connectivity index (χ2n) is 4.25. The van der Waals surface area contributed by atoms with E-state index in [4.69, 9.17) is 5.73 Å². The zero-order valence-electron chi connectivity index (χ0n) is 8.73. The van der Waals surface area contributed by atoms with Gasteiger partial charge in [0.2, 0.25) is 0 Å². The number of hydrogen-bond acceptors (Lipinski definition) is 2. The summed E-state index contributed by atoms with van der Waals surface area (Å²) in [5.74, 6) is -0.0749. The van der Waals surface area contributed by atoms with Crippen molar-refractivity contribution >= 4 is 16.8 Å². The first-order valence-corrected chi connectivity index (χ1v) is 5.38. The lowest BCUT2D eigenvalue weighted by molar-refractivity contribution is 0.0946. The zero-order chi connectivity index (χ0) is 11.1. The van der Waals surface area contributed by atoms with Crippen molar-refractivity contribution < 1.29 is 4.79 Å². The fourth-order valence-electron chi connectivity index (χ4n) is 1.82. The molecule has 0 radical (unpaired) electrons. The number of aromatic nitrogens is 1. The Bertz CT molecular complexity index is 513. The third kappa shape index (κ3) is 1.57. The molecular formula is C12H13N3O. The van der Waals surface area contributed by atoms with E-state index in [0.29, 0.717) is 5.69 Å². The van der Waals surface area contributed by atoms with Crippen LogP contribution in [0, 0.1) is 0 Å². The van der Waals surface area contributed by atoms with Crippen molar-refractivity contribution in [3.63, 3.8) is 0 Å². The van der Waals surface area contributed by atoms with Crippen LogP contribution in [-0.2, 0) is 0 Å². The summed E-state index contributed by atoms with van der Waals surface area (Å²) in [6.07, 6.45) is 0.881. The van der Waals surface area contributed by atoms with Crippen LogP contribution in [-0.4, -0.2) is 23.0 Å². The Labute approximate surface area is 92.8 Å². The van der Waals surface area contributed by atoms with Crippen molar-refractivity contribution in [3.8, 4) is 0 Å². The van der Waals surface area contributed by atoms with Crippen LogP contribution in [0.2, 0.25) is 0 Å². The fourth-order valence-corrected chi connectivity index (χ4v) is 1.82. The number of benzene rings is 1. The largest absolute Gasteiger partial charge is 0.351 e. The van der Waals surface area contributed by atoms with Gasteiger partial charge in [-0.1, -0.05) is 18.2 Å². The standard InChI is InChI=1S/C12H13N3O/c13-8-6-10(8)15-12(16)11-5-7-3-1-2-4-9(7)14-11/h1-5,8,10,14H,6,13H2,(H,15,16). The molecule has 4 nitrogen and oxygen atoms in total. The van der Waals surface area contributed by atoms with Crippen molar-refractivity contribution in [3.05, 3.63) is 36.0 Å². The molecule has 2 unspecified atom stereocenters. The van der Waals surface area contributed by atoms with E-state index in [2.05, 4.69) is 10.3 Å². The molecule has 2 atom stereocenters. The molecule has 0 bridgehead atoms. The summed E-state index contributed by atoms with van der Waals surface area (Å²) >= 11 is 0. The normalized spacial score (nSPS) is 23.3. The Morgan fingerprint density at radius 1 is 1.44 bits per heavy atom. The van der Waals surface area contributed by atoms with Crippen LogP contribution in [0.5, 0.6) is 0 Å². The topological polar surface area (TPSA) is 70.9 Å². The van der Waals surface area contributed by atoms with Crippen LogP contribution in [0.4, 0.5) is 0 Å². The number of amides is 1. The van der Waals surface area contributed by atoms with Gasteiger partial charge in [0.15, 0.2) is 0 Å². The van der Waals surface area contributed by atoms with Gasteiger partial charge >= 0.3 is 0 Å². The van der Waals surface area contributed by atoms with Crippen molar-refractivity contribution in [2.75, 3.05) is 0 Å². The minimum Gasteiger partial charge on any atom is -0.351 e. The lowest BCUT2D eigenvalue weighted by Gasteiger charge is -2.00. The van der Waals surface area contributed by atoms with Crippen molar-refractivity contribution in [1.29, 1.82) is 0 Å². The molecule has 82 valence electrons. The SMILES string of the molecule is NC1CC1NC(=O)c1cc2ccccc2[nH]1. The first-order chi connectivity index (χ1) is 7.74. The number of fused-ring (bicyclic) bond motifs is 1. The summed E-state index contributed by atoms with van der Waals surface area (Å²) in [4.78, 5) is 14.9. The van der Waals surface area contributed by atoms with Crippen LogP contribution in [0.1, 0.15) is 16.9 Å². The highest BCUT2D eigenvalue weighted by molar-refractivity contribution is 5.98. The lowest BCUT2D eigenvalue weighted by Crippen LogP contribution is -2.29. The minimum absolute atomic E-state index is 0.0749. The van der Waals surface area contributed by atoms with Crippen LogP contribution < -0.4 is 11.1 Å². The van der Waals surface area contributed by atoms with Gasteiger partial charge in [0.1, 0.15) is 5.69 Å². The molecule has 16 heavy (non-hydrogen) atoms. The van der Waals surface area contributed by atoms with Gasteiger partial charge in [0.25, 0.3) is 5.91 Å². The quantitative estimate of drug-likeness (QED) is 0.699. The van der Waals surface area contributed by atoms with Crippen LogP contribution in [0.25, 0.3) is 10.9 Å². The van der Waals surface area contributed by atoms with Gasteiger partial charge in [0.05, 0.1) is 0 Å². The lowest BCUT2D eigenvalue weighted by atomic mass is 10.2. The smallest absolute Gasteiger partial charge is 0.268 e. The number of aromatic amines is 1. The summed E-state index contributed by atoms with van der Waals surface area (Å²) in [5, 5.41) is 3.93. The van der Waals surface area contributed by atoms with Gasteiger partial charge < -0.3 is 16.0 Å². The molecule has 1 fully saturated rings. The number of nitrogens with two attached hydrogens (primary N) is 1. The maximum Gasteiger partial charge on any atom is 0.268 e. The highest BCUT2D eigenvalue weighted by atomic mass is 16.2. The number of hydrogen-bond donors (Lipinski definition) is 3. The molecule has 1 aliphatic rings. The van der Waals surface area contributed by atoms with E-state index in [1.165, 1.54) is 0 Å². The predicted molar refractivity (Wildman–Crippen MR) is 62.1 cm³/mol. The second kappa shape index (κ2) is 3.35. The number of rotatable bonds is 2. The summed E-state index contributed by atoms with van der Waals surface area (Å²) < 4.78 is 0. The van der Waals surface area contributed by atoms with E-state index in [1.54, 1.807) is 0 Å². The molecule has 0 saturated heterocycles. The fraction of sp³-hybridized carbons (Fsp3) is 0.250. The monoisotopic (exact) mass is 215 g/mol. The van der Waals surface area contributed by atoms with Gasteiger partial charge in [0, 0.05) is 23.0 Å². The third-order valence-corrected chi connectivity index (χ3v) is 2.93. The second-order valence-corrected chi connectivity index (χ2v) is 4.25. The number of para-hydroxylation sites is 1. The number of carbonyl (C=O) groups excluding carboxylic acids is 1.